The topological polar surface area (TPSA) is 160 Å². The molecule has 0 aliphatic carbocycles. The quantitative estimate of drug-likeness (QED) is 0.363. The number of ether oxygens (including phenoxy) is 1. The van der Waals surface area contributed by atoms with Crippen molar-refractivity contribution in [3.05, 3.63) is 22.7 Å². The Morgan fingerprint density at radius 2 is 2.33 bits per heavy atom. The maximum atomic E-state index is 11.6. The molecule has 0 spiro atoms. The van der Waals surface area contributed by atoms with Crippen molar-refractivity contribution in [1.82, 2.24) is 9.55 Å². The normalized spacial score (nSPS) is 27.9. The van der Waals surface area contributed by atoms with E-state index in [4.69, 9.17) is 15.4 Å². The van der Waals surface area contributed by atoms with Crippen LogP contribution in [0.25, 0.3) is 0 Å². The maximum absolute atomic E-state index is 11.6. The van der Waals surface area contributed by atoms with Crippen molar-refractivity contribution in [1.29, 1.82) is 0 Å². The minimum Gasteiger partial charge on any atom is -0.756 e. The molecule has 1 aromatic heterocycles. The third-order valence-corrected chi connectivity index (χ3v) is 3.24. The van der Waals surface area contributed by atoms with Gasteiger partial charge in [0.2, 0.25) is 0 Å². The van der Waals surface area contributed by atoms with Gasteiger partial charge in [0, 0.05) is 12.6 Å². The van der Waals surface area contributed by atoms with Gasteiger partial charge in [0.15, 0.2) is 0 Å². The van der Waals surface area contributed by atoms with E-state index in [1.807, 2.05) is 0 Å². The predicted molar refractivity (Wildman–Crippen MR) is 63.2 cm³/mol. The first-order valence-electron chi connectivity index (χ1n) is 5.63. The van der Waals surface area contributed by atoms with Crippen LogP contribution in [-0.4, -0.2) is 38.4 Å². The summed E-state index contributed by atoms with van der Waals surface area (Å²) in [4.78, 5) is 34.1. The molecular weight excluding hydrogens is 316 g/mol. The number of phosphoric acid groups is 1. The number of nitrogens with two attached hydrogens (primary N) is 1. The predicted octanol–water partition coefficient (Wildman–Crippen LogP) is -5.04. The minimum absolute atomic E-state index is 0. The molecule has 0 radical (unpaired) electrons. The number of phosphoric ester groups is 1. The number of anilines is 1. The molecule has 1 aliphatic rings. The SMILES string of the molecule is Nc1ccn(C2CC(O)C(COP(=O)([O-])O)O2)c(=O)n1.[Na+]. The molecule has 4 atom stereocenters. The Balaban J connectivity index is 0.00000220. The molecule has 1 aromatic rings. The Morgan fingerprint density at radius 1 is 1.67 bits per heavy atom. The van der Waals surface area contributed by atoms with E-state index < -0.39 is 38.6 Å². The smallest absolute Gasteiger partial charge is 0.756 e. The standard InChI is InChI=1S/C9H14N3O7P.Na/c10-7-1-2-12(9(14)11-7)8-3-5(13)6(19-8)4-18-20(15,16)17;/h1-2,5-6,8,13H,3-4H2,(H2,10,11,14)(H2,15,16,17);/q;+1/p-1. The summed E-state index contributed by atoms with van der Waals surface area (Å²) in [6.07, 6.45) is -1.44. The van der Waals surface area contributed by atoms with Crippen LogP contribution in [-0.2, 0) is 13.8 Å². The van der Waals surface area contributed by atoms with E-state index >= 15 is 0 Å². The summed E-state index contributed by atoms with van der Waals surface area (Å²) in [5.41, 5.74) is 4.70. The summed E-state index contributed by atoms with van der Waals surface area (Å²) in [7, 11) is -4.89. The summed E-state index contributed by atoms with van der Waals surface area (Å²) >= 11 is 0. The monoisotopic (exact) mass is 329 g/mol. The molecule has 0 saturated carbocycles. The van der Waals surface area contributed by atoms with Gasteiger partial charge in [-0.25, -0.2) is 4.79 Å². The van der Waals surface area contributed by atoms with Crippen molar-refractivity contribution in [2.45, 2.75) is 24.9 Å². The summed E-state index contributed by atoms with van der Waals surface area (Å²) in [5, 5.41) is 9.72. The van der Waals surface area contributed by atoms with Crippen molar-refractivity contribution < 1.29 is 58.3 Å². The Morgan fingerprint density at radius 3 is 2.90 bits per heavy atom. The van der Waals surface area contributed by atoms with Crippen LogP contribution in [0.5, 0.6) is 0 Å². The molecule has 0 amide bonds. The second kappa shape index (κ2) is 7.32. The van der Waals surface area contributed by atoms with Crippen LogP contribution in [0.2, 0.25) is 0 Å². The number of hydrogen-bond acceptors (Lipinski definition) is 8. The van der Waals surface area contributed by atoms with Crippen molar-refractivity contribution in [3.63, 3.8) is 0 Å². The molecule has 1 saturated heterocycles. The molecule has 1 fully saturated rings. The first-order valence-corrected chi connectivity index (χ1v) is 7.12. The summed E-state index contributed by atoms with van der Waals surface area (Å²) in [5.74, 6) is 0.0530. The molecule has 12 heteroatoms. The van der Waals surface area contributed by atoms with E-state index in [0.29, 0.717) is 0 Å². The fourth-order valence-electron chi connectivity index (χ4n) is 1.85. The van der Waals surface area contributed by atoms with E-state index in [-0.39, 0.29) is 41.8 Å². The van der Waals surface area contributed by atoms with E-state index in [0.717, 1.165) is 4.57 Å². The molecule has 0 bridgehead atoms. The Labute approximate surface area is 141 Å². The third-order valence-electron chi connectivity index (χ3n) is 2.77. The van der Waals surface area contributed by atoms with Gasteiger partial charge in [-0.05, 0) is 6.07 Å². The molecule has 4 unspecified atom stereocenters. The summed E-state index contributed by atoms with van der Waals surface area (Å²) in [6.45, 7) is -0.550. The van der Waals surface area contributed by atoms with Crippen LogP contribution in [0.15, 0.2) is 17.1 Å². The fourth-order valence-corrected chi connectivity index (χ4v) is 2.18. The van der Waals surface area contributed by atoms with Gasteiger partial charge < -0.3 is 29.9 Å². The second-order valence-electron chi connectivity index (χ2n) is 4.24. The molecular formula is C9H13N3NaO7P. The molecule has 0 aromatic carbocycles. The van der Waals surface area contributed by atoms with Gasteiger partial charge in [-0.1, -0.05) is 0 Å². The van der Waals surface area contributed by atoms with Crippen LogP contribution < -0.4 is 45.9 Å². The van der Waals surface area contributed by atoms with E-state index in [1.165, 1.54) is 12.3 Å². The van der Waals surface area contributed by atoms with Crippen molar-refractivity contribution in [2.24, 2.45) is 0 Å². The Kier molecular flexibility index (Phi) is 6.54. The zero-order valence-corrected chi connectivity index (χ0v) is 14.1. The Bertz CT molecular complexity index is 591. The van der Waals surface area contributed by atoms with Crippen LogP contribution in [0.1, 0.15) is 12.6 Å². The van der Waals surface area contributed by atoms with Gasteiger partial charge in [0.25, 0.3) is 7.82 Å². The number of hydrogen-bond donors (Lipinski definition) is 3. The van der Waals surface area contributed by atoms with E-state index in [2.05, 4.69) is 9.51 Å². The van der Waals surface area contributed by atoms with Gasteiger partial charge in [0.1, 0.15) is 18.1 Å². The third kappa shape index (κ3) is 5.13. The first-order chi connectivity index (χ1) is 9.26. The molecule has 4 N–H and O–H groups in total. The van der Waals surface area contributed by atoms with Crippen LogP contribution >= 0.6 is 7.82 Å². The fraction of sp³-hybridized carbons (Fsp3) is 0.556. The van der Waals surface area contributed by atoms with E-state index in [9.17, 15) is 19.4 Å². The van der Waals surface area contributed by atoms with Crippen molar-refractivity contribution >= 4 is 13.6 Å². The molecule has 10 nitrogen and oxygen atoms in total. The largest absolute Gasteiger partial charge is 1.00 e. The van der Waals surface area contributed by atoms with Crippen LogP contribution in [0.3, 0.4) is 0 Å². The first kappa shape index (κ1) is 18.8. The average molecular weight is 329 g/mol. The summed E-state index contributed by atoms with van der Waals surface area (Å²) in [6, 6.07) is 1.39. The second-order valence-corrected chi connectivity index (χ2v) is 5.43. The number of nitrogen functional groups attached to an aromatic ring is 1. The maximum Gasteiger partial charge on any atom is 1.00 e. The molecule has 112 valence electrons. The van der Waals surface area contributed by atoms with Crippen LogP contribution in [0, 0.1) is 0 Å². The number of aromatic nitrogens is 2. The molecule has 1 aliphatic heterocycles. The van der Waals surface area contributed by atoms with Crippen LogP contribution in [0.4, 0.5) is 5.82 Å². The van der Waals surface area contributed by atoms with Gasteiger partial charge in [-0.2, -0.15) is 4.98 Å². The van der Waals surface area contributed by atoms with Crippen molar-refractivity contribution in [3.8, 4) is 0 Å². The zero-order chi connectivity index (χ0) is 14.9. The van der Waals surface area contributed by atoms with E-state index in [1.54, 1.807) is 0 Å². The Hall–Kier alpha value is -0.290. The number of aliphatic hydroxyl groups excluding tert-OH is 1. The van der Waals surface area contributed by atoms with Gasteiger partial charge in [0.05, 0.1) is 12.7 Å². The average Bonchev–Trinajstić information content (AvgIpc) is 2.67. The molecule has 2 heterocycles. The molecule has 21 heavy (non-hydrogen) atoms. The number of nitrogens with zero attached hydrogens (tertiary/aromatic N) is 2. The van der Waals surface area contributed by atoms with Gasteiger partial charge in [-0.3, -0.25) is 9.13 Å². The number of aliphatic hydroxyl groups is 1. The van der Waals surface area contributed by atoms with Gasteiger partial charge in [-0.15, -0.1) is 0 Å². The van der Waals surface area contributed by atoms with Gasteiger partial charge >= 0.3 is 35.2 Å². The minimum atomic E-state index is -4.89. The number of rotatable bonds is 4. The summed E-state index contributed by atoms with van der Waals surface area (Å²) < 4.78 is 21.1. The molecule has 2 rings (SSSR count). The van der Waals surface area contributed by atoms with Crippen molar-refractivity contribution in [2.75, 3.05) is 12.3 Å². The zero-order valence-electron chi connectivity index (χ0n) is 11.2.